The van der Waals surface area contributed by atoms with Gasteiger partial charge in [-0.25, -0.2) is 0 Å². The Morgan fingerprint density at radius 3 is 2.48 bits per heavy atom. The van der Waals surface area contributed by atoms with Crippen molar-refractivity contribution in [3.8, 4) is 0 Å². The summed E-state index contributed by atoms with van der Waals surface area (Å²) in [6, 6.07) is 4.82. The molecule has 0 aliphatic heterocycles. The maximum atomic E-state index is 12.8. The van der Waals surface area contributed by atoms with Crippen molar-refractivity contribution in [1.82, 2.24) is 14.7 Å². The van der Waals surface area contributed by atoms with Crippen molar-refractivity contribution in [3.05, 3.63) is 53.3 Å². The van der Waals surface area contributed by atoms with Crippen LogP contribution in [0.5, 0.6) is 0 Å². The number of likely N-dealkylation sites (N-methyl/N-ethyl adjacent to an activating group) is 1. The molecule has 23 heavy (non-hydrogen) atoms. The van der Waals surface area contributed by atoms with E-state index in [2.05, 4.69) is 5.10 Å². The summed E-state index contributed by atoms with van der Waals surface area (Å²) < 4.78 is 40.1. The number of alkyl halides is 3. The summed E-state index contributed by atoms with van der Waals surface area (Å²) in [5, 5.41) is 14.7. The molecule has 0 aliphatic carbocycles. The quantitative estimate of drug-likeness (QED) is 0.918. The second-order valence-corrected chi connectivity index (χ2v) is 6.05. The van der Waals surface area contributed by atoms with E-state index in [0.717, 1.165) is 17.7 Å². The molecule has 4 nitrogen and oxygen atoms in total. The molecule has 1 unspecified atom stereocenters. The molecule has 7 heteroatoms. The molecule has 0 saturated heterocycles. The number of halogens is 3. The molecule has 1 heterocycles. The van der Waals surface area contributed by atoms with E-state index in [9.17, 15) is 18.3 Å². The van der Waals surface area contributed by atoms with E-state index >= 15 is 0 Å². The summed E-state index contributed by atoms with van der Waals surface area (Å²) >= 11 is 0. The Kier molecular flexibility index (Phi) is 4.81. The smallest absolute Gasteiger partial charge is 0.384 e. The van der Waals surface area contributed by atoms with Gasteiger partial charge in [0.2, 0.25) is 0 Å². The molecule has 2 rings (SSSR count). The standard InChI is InChI=1S/C16H20F3N3O/c1-15(23,11-21(2)9-12-8-20-22(3)10-12)13-5-4-6-14(7-13)16(17,18)19/h4-8,10,23H,9,11H2,1-3H3. The highest BCUT2D eigenvalue weighted by molar-refractivity contribution is 5.29. The van der Waals surface area contributed by atoms with Crippen LogP contribution in [-0.4, -0.2) is 33.4 Å². The third-order valence-electron chi connectivity index (χ3n) is 3.60. The topological polar surface area (TPSA) is 41.3 Å². The molecule has 0 saturated carbocycles. The van der Waals surface area contributed by atoms with Gasteiger partial charge in [0, 0.05) is 31.9 Å². The minimum atomic E-state index is -4.42. The Labute approximate surface area is 133 Å². The monoisotopic (exact) mass is 327 g/mol. The Hall–Kier alpha value is -1.86. The van der Waals surface area contributed by atoms with Crippen molar-refractivity contribution < 1.29 is 18.3 Å². The molecule has 126 valence electrons. The van der Waals surface area contributed by atoms with Gasteiger partial charge in [-0.3, -0.25) is 9.58 Å². The molecule has 0 spiro atoms. The summed E-state index contributed by atoms with van der Waals surface area (Å²) in [5.74, 6) is 0. The number of hydrogen-bond acceptors (Lipinski definition) is 3. The highest BCUT2D eigenvalue weighted by Gasteiger charge is 2.33. The number of rotatable bonds is 5. The Morgan fingerprint density at radius 2 is 1.91 bits per heavy atom. The first-order chi connectivity index (χ1) is 10.6. The van der Waals surface area contributed by atoms with Crippen LogP contribution in [0.2, 0.25) is 0 Å². The fourth-order valence-electron chi connectivity index (χ4n) is 2.57. The number of aromatic nitrogens is 2. The second-order valence-electron chi connectivity index (χ2n) is 6.05. The van der Waals surface area contributed by atoms with Crippen molar-refractivity contribution >= 4 is 0 Å². The van der Waals surface area contributed by atoms with Crippen LogP contribution in [0.4, 0.5) is 13.2 Å². The number of nitrogens with zero attached hydrogens (tertiary/aromatic N) is 3. The van der Waals surface area contributed by atoms with Crippen molar-refractivity contribution in [3.63, 3.8) is 0 Å². The number of hydrogen-bond donors (Lipinski definition) is 1. The van der Waals surface area contributed by atoms with E-state index in [-0.39, 0.29) is 12.1 Å². The first-order valence-electron chi connectivity index (χ1n) is 7.14. The fourth-order valence-corrected chi connectivity index (χ4v) is 2.57. The predicted octanol–water partition coefficient (Wildman–Crippen LogP) is 2.78. The van der Waals surface area contributed by atoms with Gasteiger partial charge in [-0.2, -0.15) is 18.3 Å². The zero-order valence-corrected chi connectivity index (χ0v) is 13.3. The highest BCUT2D eigenvalue weighted by Crippen LogP contribution is 2.32. The van der Waals surface area contributed by atoms with Gasteiger partial charge in [0.25, 0.3) is 0 Å². The zero-order valence-electron chi connectivity index (χ0n) is 13.3. The molecule has 1 atom stereocenters. The van der Waals surface area contributed by atoms with Crippen LogP contribution in [0.3, 0.4) is 0 Å². The fraction of sp³-hybridized carbons (Fsp3) is 0.438. The third-order valence-corrected chi connectivity index (χ3v) is 3.60. The Morgan fingerprint density at radius 1 is 1.26 bits per heavy atom. The first kappa shape index (κ1) is 17.5. The molecule has 1 aromatic heterocycles. The number of aryl methyl sites for hydroxylation is 1. The van der Waals surface area contributed by atoms with Crippen molar-refractivity contribution in [1.29, 1.82) is 0 Å². The van der Waals surface area contributed by atoms with Crippen LogP contribution >= 0.6 is 0 Å². The van der Waals surface area contributed by atoms with E-state index in [4.69, 9.17) is 0 Å². The first-order valence-corrected chi connectivity index (χ1v) is 7.14. The van der Waals surface area contributed by atoms with Crippen LogP contribution < -0.4 is 0 Å². The summed E-state index contributed by atoms with van der Waals surface area (Å²) in [7, 11) is 3.61. The van der Waals surface area contributed by atoms with E-state index in [1.54, 1.807) is 17.9 Å². The van der Waals surface area contributed by atoms with Crippen LogP contribution in [0.25, 0.3) is 0 Å². The Balaban J connectivity index is 2.11. The van der Waals surface area contributed by atoms with Gasteiger partial charge in [-0.05, 0) is 31.7 Å². The predicted molar refractivity (Wildman–Crippen MR) is 80.6 cm³/mol. The minimum absolute atomic E-state index is 0.198. The molecule has 0 radical (unpaired) electrons. The number of benzene rings is 1. The maximum absolute atomic E-state index is 12.8. The largest absolute Gasteiger partial charge is 0.416 e. The van der Waals surface area contributed by atoms with E-state index < -0.39 is 17.3 Å². The normalized spacial score (nSPS) is 15.0. The molecule has 0 amide bonds. The lowest BCUT2D eigenvalue weighted by atomic mass is 9.93. The van der Waals surface area contributed by atoms with E-state index in [0.29, 0.717) is 6.54 Å². The lowest BCUT2D eigenvalue weighted by molar-refractivity contribution is -0.137. The molecule has 1 N–H and O–H groups in total. The van der Waals surface area contributed by atoms with Crippen molar-refractivity contribution in [2.45, 2.75) is 25.2 Å². The SMILES string of the molecule is CN(Cc1cnn(C)c1)CC(C)(O)c1cccc(C(F)(F)F)c1. The second kappa shape index (κ2) is 6.33. The van der Waals surface area contributed by atoms with Gasteiger partial charge in [-0.1, -0.05) is 12.1 Å². The maximum Gasteiger partial charge on any atom is 0.416 e. The summed E-state index contributed by atoms with van der Waals surface area (Å²) in [6.45, 7) is 2.26. The minimum Gasteiger partial charge on any atom is -0.384 e. The average molecular weight is 327 g/mol. The van der Waals surface area contributed by atoms with Crippen LogP contribution in [0, 0.1) is 0 Å². The van der Waals surface area contributed by atoms with Crippen molar-refractivity contribution in [2.75, 3.05) is 13.6 Å². The van der Waals surface area contributed by atoms with Gasteiger partial charge in [-0.15, -0.1) is 0 Å². The molecule has 0 fully saturated rings. The van der Waals surface area contributed by atoms with Gasteiger partial charge in [0.1, 0.15) is 0 Å². The molecular weight excluding hydrogens is 307 g/mol. The van der Waals surface area contributed by atoms with Crippen molar-refractivity contribution in [2.24, 2.45) is 7.05 Å². The molecule has 0 aliphatic rings. The molecule has 2 aromatic rings. The van der Waals surface area contributed by atoms with Gasteiger partial charge >= 0.3 is 6.18 Å². The van der Waals surface area contributed by atoms with E-state index in [1.165, 1.54) is 19.1 Å². The molecule has 0 bridgehead atoms. The summed E-state index contributed by atoms with van der Waals surface area (Å²) in [6.07, 6.45) is -0.849. The summed E-state index contributed by atoms with van der Waals surface area (Å²) in [4.78, 5) is 1.84. The molecular formula is C16H20F3N3O. The highest BCUT2D eigenvalue weighted by atomic mass is 19.4. The number of aliphatic hydroxyl groups is 1. The van der Waals surface area contributed by atoms with Gasteiger partial charge in [0.15, 0.2) is 0 Å². The Bertz CT molecular complexity index is 665. The average Bonchev–Trinajstić information content (AvgIpc) is 2.82. The zero-order chi connectivity index (χ0) is 17.3. The lowest BCUT2D eigenvalue weighted by Gasteiger charge is -2.29. The lowest BCUT2D eigenvalue weighted by Crippen LogP contribution is -2.36. The van der Waals surface area contributed by atoms with Crippen LogP contribution in [0.1, 0.15) is 23.6 Å². The van der Waals surface area contributed by atoms with Crippen LogP contribution in [-0.2, 0) is 25.4 Å². The van der Waals surface area contributed by atoms with Crippen LogP contribution in [0.15, 0.2) is 36.7 Å². The molecule has 1 aromatic carbocycles. The van der Waals surface area contributed by atoms with E-state index in [1.807, 2.05) is 18.1 Å². The van der Waals surface area contributed by atoms with Gasteiger partial charge < -0.3 is 5.11 Å². The van der Waals surface area contributed by atoms with Gasteiger partial charge in [0.05, 0.1) is 17.4 Å². The third kappa shape index (κ3) is 4.56. The summed E-state index contributed by atoms with van der Waals surface area (Å²) in [5.41, 5.74) is -0.941.